The molecule has 0 heterocycles. The summed E-state index contributed by atoms with van der Waals surface area (Å²) in [5.41, 5.74) is 0. The second-order valence-corrected chi connectivity index (χ2v) is 14.8. The minimum atomic E-state index is -0.593. The Labute approximate surface area is 602 Å². The van der Waals surface area contributed by atoms with Gasteiger partial charge in [-0.2, -0.15) is 0 Å². The molecule has 0 radical (unpaired) electrons. The molecule has 0 rings (SSSR count). The summed E-state index contributed by atoms with van der Waals surface area (Å²) in [4.78, 5) is 32.5. The Balaban J connectivity index is -0.0000000268. The maximum absolute atomic E-state index is 8.38. The van der Waals surface area contributed by atoms with Gasteiger partial charge in [-0.3, -0.25) is 0 Å². The third kappa shape index (κ3) is 276. The fraction of sp³-hybridized carbons (Fsp3) is 0.800. The third-order valence-corrected chi connectivity index (χ3v) is 6.98. The molecule has 0 aliphatic rings. The van der Waals surface area contributed by atoms with E-state index in [4.69, 9.17) is 102 Å². The average molecular weight is 1520 g/mol. The second-order valence-electron chi connectivity index (χ2n) is 14.8. The monoisotopic (exact) mass is 1520 g/mol. The molecule has 0 aromatic carbocycles. The van der Waals surface area contributed by atoms with E-state index in [1.807, 2.05) is 0 Å². The van der Waals surface area contributed by atoms with Crippen molar-refractivity contribution in [3.63, 3.8) is 0 Å². The van der Waals surface area contributed by atoms with Crippen LogP contribution in [0.5, 0.6) is 0 Å². The van der Waals surface area contributed by atoms with E-state index in [2.05, 4.69) is 48.2 Å². The molecule has 0 unspecified atom stereocenters. The predicted octanol–water partition coefficient (Wildman–Crippen LogP) is -2.87. The van der Waals surface area contributed by atoms with Gasteiger partial charge in [0.1, 0.15) is 0 Å². The fourth-order valence-corrected chi connectivity index (χ4v) is 0. The van der Waals surface area contributed by atoms with Crippen LogP contribution in [0.3, 0.4) is 0 Å². The summed E-state index contributed by atoms with van der Waals surface area (Å²) in [6.07, 6.45) is -11.9. The molecule has 20 N–H and O–H groups in total. The van der Waals surface area contributed by atoms with Crippen molar-refractivity contribution in [3.8, 4) is 0 Å². The van der Waals surface area contributed by atoms with Crippen molar-refractivity contribution in [1.29, 1.82) is 0 Å². The van der Waals surface area contributed by atoms with Gasteiger partial charge in [-0.05, 0) is 138 Å². The summed E-state index contributed by atoms with van der Waals surface area (Å²) < 4.78 is 0. The van der Waals surface area contributed by atoms with Crippen molar-refractivity contribution in [1.82, 2.24) is 0 Å². The van der Waals surface area contributed by atoms with Gasteiger partial charge in [0.05, 0.1) is 122 Å². The summed E-state index contributed by atoms with van der Waals surface area (Å²) in [5.74, 6) is 0. The Morgan fingerprint density at radius 1 is 0.113 bits per heavy atom. The van der Waals surface area contributed by atoms with Crippen molar-refractivity contribution < 1.29 is 302 Å². The van der Waals surface area contributed by atoms with E-state index in [1.54, 1.807) is 338 Å². The summed E-state index contributed by atoms with van der Waals surface area (Å²) >= 11 is 17.5. The molecule has 480 valence electrons. The molecule has 0 aromatic rings. The number of aliphatic hydroxyl groups is 20. The quantitative estimate of drug-likeness (QED) is 0.0978. The zero-order chi connectivity index (χ0) is 71.5. The minimum absolute atomic E-state index is 0.593. The molecule has 0 fully saturated rings. The van der Waals surface area contributed by atoms with E-state index in [0.29, 0.717) is 0 Å². The van der Waals surface area contributed by atoms with Crippen LogP contribution in [0.1, 0.15) is 138 Å². The van der Waals surface area contributed by atoms with Crippen LogP contribution >= 0.6 is 0 Å². The number of hydrogen-bond acceptors (Lipinski definition) is 20. The molecular formula is C50H120O20Ti10. The van der Waals surface area contributed by atoms with Crippen molar-refractivity contribution in [2.24, 2.45) is 0 Å². The average Bonchev–Trinajstić information content (AvgIpc) is 3.41. The van der Waals surface area contributed by atoms with Gasteiger partial charge < -0.3 is 102 Å². The standard InChI is InChI=1S/10C4H10O2.10CH2.10Ti/c10*1-3(5)4(2)6;;;;;;;;;;;;;;;;;;;;/h10*3-6H,1-2H3;10*1H2;;;;;;;;;;/t10*3-,4-;;;;;;;;;;;;;;;;;;;;/m0000000000..................../s1. The first-order valence-electron chi connectivity index (χ1n) is 23.6. The zero-order valence-electron chi connectivity index (χ0n) is 52.6. The Kier molecular flexibility index (Phi) is 243. The first kappa shape index (κ1) is 142. The molecule has 30 heteroatoms. The van der Waals surface area contributed by atoms with Crippen LogP contribution in [-0.4, -0.2) is 272 Å². The molecule has 0 saturated carbocycles. The van der Waals surface area contributed by atoms with Gasteiger partial charge in [-0.1, -0.05) is 0 Å². The first-order chi connectivity index (χ1) is 36.4. The van der Waals surface area contributed by atoms with E-state index in [-0.39, 0.29) is 0 Å². The zero-order valence-corrected chi connectivity index (χ0v) is 68.2. The summed E-state index contributed by atoms with van der Waals surface area (Å²) in [5, 5.41) is 168. The molecule has 0 bridgehead atoms. The van der Waals surface area contributed by atoms with Gasteiger partial charge in [-0.25, -0.2) is 0 Å². The van der Waals surface area contributed by atoms with E-state index >= 15 is 0 Å². The van der Waals surface area contributed by atoms with Crippen LogP contribution in [0.25, 0.3) is 0 Å². The van der Waals surface area contributed by atoms with Crippen molar-refractivity contribution in [3.05, 3.63) is 0 Å². The van der Waals surface area contributed by atoms with Crippen LogP contribution in [0.2, 0.25) is 0 Å². The van der Waals surface area contributed by atoms with Gasteiger partial charge in [0.25, 0.3) is 0 Å². The Hall–Kier alpha value is 5.04. The molecule has 0 amide bonds. The van der Waals surface area contributed by atoms with Gasteiger partial charge in [0.2, 0.25) is 0 Å². The van der Waals surface area contributed by atoms with Gasteiger partial charge >= 0.3 is 248 Å². The van der Waals surface area contributed by atoms with Crippen LogP contribution in [0.15, 0.2) is 0 Å². The van der Waals surface area contributed by atoms with Crippen molar-refractivity contribution in [2.75, 3.05) is 0 Å². The Morgan fingerprint density at radius 2 is 0.125 bits per heavy atom. The normalized spacial score (nSPS) is 15.4. The fourth-order valence-electron chi connectivity index (χ4n) is 0. The van der Waals surface area contributed by atoms with Crippen molar-refractivity contribution >= 4 is 48.2 Å². The SMILES string of the molecule is C[C@H](O)[C@H](C)O.C[C@H](O)[C@H](C)O.C[C@H](O)[C@H](C)O.C[C@H](O)[C@H](C)O.C[C@H](O)[C@H](C)O.C[C@H](O)[C@H](C)O.C[C@H](O)[C@H](C)O.C[C@H](O)[C@H](C)O.C[C@H](O)[C@H](C)O.C[C@H](O)[C@H](C)O.[CH2]=[Ti].[CH2]=[Ti].[CH2]=[Ti].[CH2]=[Ti].[CH2]=[Ti].[CH2]=[Ti].[CH2]=[Ti].[CH2]=[Ti].[CH2]=[Ti].[CH2]=[Ti]. The van der Waals surface area contributed by atoms with Gasteiger partial charge in [-0.15, -0.1) is 0 Å². The molecule has 80 heavy (non-hydrogen) atoms. The molecular weight excluding hydrogens is 1400 g/mol. The Bertz CT molecular complexity index is 629. The second kappa shape index (κ2) is 137. The molecule has 0 aliphatic carbocycles. The van der Waals surface area contributed by atoms with E-state index < -0.39 is 122 Å². The van der Waals surface area contributed by atoms with Gasteiger partial charge in [0, 0.05) is 0 Å². The van der Waals surface area contributed by atoms with Crippen LogP contribution in [0.4, 0.5) is 0 Å². The summed E-state index contributed by atoms with van der Waals surface area (Å²) in [7, 11) is 0. The van der Waals surface area contributed by atoms with E-state index in [0.717, 1.165) is 0 Å². The molecule has 20 nitrogen and oxygen atoms in total. The number of aliphatic hydroxyl groups excluding tert-OH is 20. The summed E-state index contributed by atoms with van der Waals surface area (Å²) in [6, 6.07) is 0. The van der Waals surface area contributed by atoms with Crippen LogP contribution in [-0.2, 0) is 200 Å². The molecule has 0 aliphatic heterocycles. The number of rotatable bonds is 10. The topological polar surface area (TPSA) is 405 Å². The Morgan fingerprint density at radius 3 is 0.125 bits per heavy atom. The molecule has 0 aromatic heterocycles. The van der Waals surface area contributed by atoms with Crippen LogP contribution < -0.4 is 0 Å². The molecule has 0 spiro atoms. The van der Waals surface area contributed by atoms with Gasteiger partial charge in [0.15, 0.2) is 0 Å². The van der Waals surface area contributed by atoms with Crippen molar-refractivity contribution in [2.45, 2.75) is 261 Å². The van der Waals surface area contributed by atoms with E-state index in [1.165, 1.54) is 0 Å². The molecule has 0 saturated heterocycles. The van der Waals surface area contributed by atoms with E-state index in [9.17, 15) is 0 Å². The first-order valence-corrected chi connectivity index (χ1v) is 34.6. The number of hydrogen-bond donors (Lipinski definition) is 20. The van der Waals surface area contributed by atoms with Crippen LogP contribution in [0, 0.1) is 0 Å². The predicted molar refractivity (Wildman–Crippen MR) is 305 cm³/mol. The third-order valence-electron chi connectivity index (χ3n) is 6.98. The summed E-state index contributed by atoms with van der Waals surface area (Å²) in [6.45, 7) is 30.9. The maximum atomic E-state index is 8.38. The molecule has 20 atom stereocenters.